The van der Waals surface area contributed by atoms with E-state index in [0.29, 0.717) is 0 Å². The summed E-state index contributed by atoms with van der Waals surface area (Å²) in [6.45, 7) is 12.0. The van der Waals surface area contributed by atoms with Gasteiger partial charge in [0.2, 0.25) is 0 Å². The van der Waals surface area contributed by atoms with Gasteiger partial charge in [-0.2, -0.15) is 0 Å². The van der Waals surface area contributed by atoms with Crippen molar-refractivity contribution in [3.05, 3.63) is 0 Å². The molecule has 0 atom stereocenters. The minimum atomic E-state index is -0.523. The summed E-state index contributed by atoms with van der Waals surface area (Å²) in [5.74, 6) is 0. The topological polar surface area (TPSA) is 27.7 Å². The van der Waals surface area contributed by atoms with Crippen LogP contribution in [0, 0.1) is 0 Å². The second-order valence-corrected chi connectivity index (χ2v) is 4.73. The molecule has 0 saturated carbocycles. The van der Waals surface area contributed by atoms with E-state index >= 15 is 0 Å². The standard InChI is InChI=1S/C9H19BO3.CH4/c1-7(2)11-10-12-8(3,4)9(5,6)13-10;/h7H,1-6H3;1H4. The minimum absolute atomic E-state index is 0. The van der Waals surface area contributed by atoms with Gasteiger partial charge < -0.3 is 14.0 Å². The summed E-state index contributed by atoms with van der Waals surface area (Å²) in [4.78, 5) is 0. The molecule has 1 aliphatic rings. The maximum Gasteiger partial charge on any atom is 0.640 e. The minimum Gasteiger partial charge on any atom is -0.384 e. The molecule has 0 radical (unpaired) electrons. The first-order chi connectivity index (χ1) is 5.74. The van der Waals surface area contributed by atoms with Gasteiger partial charge >= 0.3 is 7.32 Å². The zero-order chi connectivity index (χ0) is 10.3. The molecule has 1 fully saturated rings. The molecular weight excluding hydrogens is 179 g/mol. The molecule has 0 aromatic heterocycles. The van der Waals surface area contributed by atoms with Crippen molar-refractivity contribution in [2.75, 3.05) is 0 Å². The normalized spacial score (nSPS) is 23.8. The Labute approximate surface area is 88.3 Å². The molecule has 1 aliphatic heterocycles. The molecule has 3 nitrogen and oxygen atoms in total. The molecule has 0 N–H and O–H groups in total. The average Bonchev–Trinajstić information content (AvgIpc) is 1.98. The maximum atomic E-state index is 5.63. The molecule has 0 aromatic carbocycles. The van der Waals surface area contributed by atoms with Crippen LogP contribution in [0.15, 0.2) is 0 Å². The van der Waals surface area contributed by atoms with E-state index in [-0.39, 0.29) is 24.7 Å². The van der Waals surface area contributed by atoms with Crippen molar-refractivity contribution in [2.24, 2.45) is 0 Å². The van der Waals surface area contributed by atoms with Crippen molar-refractivity contribution >= 4 is 7.32 Å². The SMILES string of the molecule is C.CC(C)OB1OC(C)(C)C(C)(C)O1. The van der Waals surface area contributed by atoms with Crippen LogP contribution in [0.2, 0.25) is 0 Å². The van der Waals surface area contributed by atoms with Crippen LogP contribution in [0.1, 0.15) is 49.0 Å². The molecule has 0 aromatic rings. The van der Waals surface area contributed by atoms with Gasteiger partial charge in [-0.3, -0.25) is 0 Å². The molecule has 14 heavy (non-hydrogen) atoms. The third kappa shape index (κ3) is 2.72. The van der Waals surface area contributed by atoms with E-state index in [1.807, 2.05) is 41.5 Å². The fourth-order valence-electron chi connectivity index (χ4n) is 1.07. The summed E-state index contributed by atoms with van der Waals surface area (Å²) in [5, 5.41) is 0. The Bertz CT molecular complexity index is 174. The highest BCUT2D eigenvalue weighted by molar-refractivity contribution is 6.37. The quantitative estimate of drug-likeness (QED) is 0.644. The summed E-state index contributed by atoms with van der Waals surface area (Å²) in [5.41, 5.74) is -0.598. The van der Waals surface area contributed by atoms with Gasteiger partial charge in [0.25, 0.3) is 0 Å². The summed E-state index contributed by atoms with van der Waals surface area (Å²) >= 11 is 0. The Kier molecular flexibility index (Phi) is 4.19. The van der Waals surface area contributed by atoms with E-state index in [1.54, 1.807) is 0 Å². The highest BCUT2D eigenvalue weighted by Crippen LogP contribution is 2.36. The van der Waals surface area contributed by atoms with Crippen LogP contribution in [0.3, 0.4) is 0 Å². The second kappa shape index (κ2) is 4.21. The summed E-state index contributed by atoms with van der Waals surface area (Å²) < 4.78 is 16.7. The number of hydrogen-bond acceptors (Lipinski definition) is 3. The fourth-order valence-corrected chi connectivity index (χ4v) is 1.07. The summed E-state index contributed by atoms with van der Waals surface area (Å²) in [6, 6.07) is 0. The van der Waals surface area contributed by atoms with Crippen LogP contribution in [0.4, 0.5) is 0 Å². The molecular formula is C10H23BO3. The first kappa shape index (κ1) is 13.9. The average molecular weight is 202 g/mol. The molecule has 0 unspecified atom stereocenters. The van der Waals surface area contributed by atoms with E-state index < -0.39 is 7.32 Å². The Hall–Kier alpha value is -0.0551. The Morgan fingerprint density at radius 3 is 1.64 bits per heavy atom. The van der Waals surface area contributed by atoms with Crippen molar-refractivity contribution in [1.82, 2.24) is 0 Å². The van der Waals surface area contributed by atoms with Gasteiger partial charge in [0.15, 0.2) is 0 Å². The lowest BCUT2D eigenvalue weighted by Crippen LogP contribution is -2.41. The first-order valence-electron chi connectivity index (χ1n) is 4.76. The Balaban J connectivity index is 0.00000169. The highest BCUT2D eigenvalue weighted by atomic mass is 16.8. The van der Waals surface area contributed by atoms with Gasteiger partial charge in [-0.1, -0.05) is 7.43 Å². The van der Waals surface area contributed by atoms with Crippen molar-refractivity contribution in [3.63, 3.8) is 0 Å². The molecule has 4 heteroatoms. The Morgan fingerprint density at radius 2 is 1.36 bits per heavy atom. The van der Waals surface area contributed by atoms with Gasteiger partial charge in [-0.25, -0.2) is 0 Å². The third-order valence-electron chi connectivity index (χ3n) is 2.61. The van der Waals surface area contributed by atoms with Gasteiger partial charge in [0, 0.05) is 6.10 Å². The predicted molar refractivity (Wildman–Crippen MR) is 59.0 cm³/mol. The van der Waals surface area contributed by atoms with E-state index in [9.17, 15) is 0 Å². The van der Waals surface area contributed by atoms with Gasteiger partial charge in [0.05, 0.1) is 11.2 Å². The van der Waals surface area contributed by atoms with Gasteiger partial charge in [-0.05, 0) is 41.5 Å². The van der Waals surface area contributed by atoms with E-state index in [2.05, 4.69) is 0 Å². The molecule has 1 heterocycles. The molecule has 0 bridgehead atoms. The zero-order valence-corrected chi connectivity index (χ0v) is 9.38. The van der Waals surface area contributed by atoms with Crippen LogP contribution in [-0.2, 0) is 14.0 Å². The third-order valence-corrected chi connectivity index (χ3v) is 2.61. The number of rotatable bonds is 2. The molecule has 0 spiro atoms. The lowest BCUT2D eigenvalue weighted by molar-refractivity contribution is 0.00578. The van der Waals surface area contributed by atoms with Crippen LogP contribution < -0.4 is 0 Å². The summed E-state index contributed by atoms with van der Waals surface area (Å²) in [6.07, 6.45) is 0.120. The molecule has 0 amide bonds. The predicted octanol–water partition coefficient (Wildman–Crippen LogP) is 2.64. The Morgan fingerprint density at radius 1 is 1.00 bits per heavy atom. The zero-order valence-electron chi connectivity index (χ0n) is 9.38. The highest BCUT2D eigenvalue weighted by Gasteiger charge is 2.53. The molecule has 0 aliphatic carbocycles. The van der Waals surface area contributed by atoms with E-state index in [0.717, 1.165) is 0 Å². The lowest BCUT2D eigenvalue weighted by atomic mass is 9.90. The van der Waals surface area contributed by atoms with Crippen molar-refractivity contribution < 1.29 is 14.0 Å². The monoisotopic (exact) mass is 202 g/mol. The van der Waals surface area contributed by atoms with Crippen molar-refractivity contribution in [3.8, 4) is 0 Å². The van der Waals surface area contributed by atoms with Crippen LogP contribution >= 0.6 is 0 Å². The van der Waals surface area contributed by atoms with Crippen LogP contribution in [0.5, 0.6) is 0 Å². The molecule has 1 saturated heterocycles. The lowest BCUT2D eigenvalue weighted by Gasteiger charge is -2.31. The first-order valence-corrected chi connectivity index (χ1v) is 4.76. The van der Waals surface area contributed by atoms with Crippen LogP contribution in [-0.4, -0.2) is 24.6 Å². The summed E-state index contributed by atoms with van der Waals surface area (Å²) in [7, 11) is -0.523. The van der Waals surface area contributed by atoms with E-state index in [4.69, 9.17) is 14.0 Å². The fraction of sp³-hybridized carbons (Fsp3) is 1.00. The second-order valence-electron chi connectivity index (χ2n) is 4.73. The van der Waals surface area contributed by atoms with Crippen LogP contribution in [0.25, 0.3) is 0 Å². The smallest absolute Gasteiger partial charge is 0.384 e. The molecule has 1 rings (SSSR count). The molecule has 84 valence electrons. The largest absolute Gasteiger partial charge is 0.640 e. The van der Waals surface area contributed by atoms with Gasteiger partial charge in [-0.15, -0.1) is 0 Å². The van der Waals surface area contributed by atoms with Crippen molar-refractivity contribution in [1.29, 1.82) is 0 Å². The maximum absolute atomic E-state index is 5.63. The number of hydrogen-bond donors (Lipinski definition) is 0. The van der Waals surface area contributed by atoms with E-state index in [1.165, 1.54) is 0 Å². The van der Waals surface area contributed by atoms with Gasteiger partial charge in [0.1, 0.15) is 0 Å². The van der Waals surface area contributed by atoms with Crippen molar-refractivity contribution in [2.45, 2.75) is 66.3 Å².